The summed E-state index contributed by atoms with van der Waals surface area (Å²) in [7, 11) is 0. The van der Waals surface area contributed by atoms with Gasteiger partial charge in [-0.15, -0.1) is 11.3 Å². The largest absolute Gasteiger partial charge is 0.329 e. The van der Waals surface area contributed by atoms with E-state index in [9.17, 15) is 0 Å². The Hall–Kier alpha value is -1.13. The van der Waals surface area contributed by atoms with Crippen molar-refractivity contribution in [1.82, 2.24) is 14.9 Å². The Bertz CT molecular complexity index is 479. The first-order chi connectivity index (χ1) is 8.46. The molecular weight excluding hydrogens is 242 g/mol. The van der Waals surface area contributed by atoms with Crippen molar-refractivity contribution in [1.29, 1.82) is 0 Å². The molecule has 98 valence electrons. The number of aromatic nitrogens is 2. The molecule has 2 heterocycles. The molecule has 4 heteroatoms. The lowest BCUT2D eigenvalue weighted by molar-refractivity contribution is 0.421. The Morgan fingerprint density at radius 3 is 2.83 bits per heavy atom. The van der Waals surface area contributed by atoms with Gasteiger partial charge in [-0.25, -0.2) is 4.98 Å². The third-order valence-corrected chi connectivity index (χ3v) is 3.90. The zero-order chi connectivity index (χ0) is 13.2. The smallest absolute Gasteiger partial charge is 0.0955 e. The van der Waals surface area contributed by atoms with Gasteiger partial charge in [-0.1, -0.05) is 6.07 Å². The Kier molecular flexibility index (Phi) is 3.88. The van der Waals surface area contributed by atoms with Crippen molar-refractivity contribution < 1.29 is 0 Å². The van der Waals surface area contributed by atoms with Crippen LogP contribution < -0.4 is 5.32 Å². The molecule has 0 aromatic carbocycles. The highest BCUT2D eigenvalue weighted by Gasteiger charge is 2.12. The molecule has 1 N–H and O–H groups in total. The standard InChI is InChI=1S/C14H21N3S/c1-11(13-6-5-7-18-13)17-9-12(15-10-17)8-16-14(2,3)4/h5-7,9-11,16H,8H2,1-4H3. The third-order valence-electron chi connectivity index (χ3n) is 2.86. The normalized spacial score (nSPS) is 13.8. The van der Waals surface area contributed by atoms with Gasteiger partial charge in [-0.3, -0.25) is 0 Å². The van der Waals surface area contributed by atoms with Crippen LogP contribution in [0, 0.1) is 0 Å². The van der Waals surface area contributed by atoms with Gasteiger partial charge >= 0.3 is 0 Å². The van der Waals surface area contributed by atoms with Crippen LogP contribution in [0.2, 0.25) is 0 Å². The number of hydrogen-bond donors (Lipinski definition) is 1. The molecular formula is C14H21N3S. The zero-order valence-electron chi connectivity index (χ0n) is 11.5. The van der Waals surface area contributed by atoms with E-state index in [2.05, 4.69) is 66.3 Å². The van der Waals surface area contributed by atoms with Gasteiger partial charge in [0.2, 0.25) is 0 Å². The Morgan fingerprint density at radius 1 is 1.44 bits per heavy atom. The first kappa shape index (κ1) is 13.3. The fourth-order valence-electron chi connectivity index (χ4n) is 1.71. The average molecular weight is 263 g/mol. The highest BCUT2D eigenvalue weighted by atomic mass is 32.1. The molecule has 0 aliphatic heterocycles. The molecule has 2 aromatic rings. The molecule has 3 nitrogen and oxygen atoms in total. The fraction of sp³-hybridized carbons (Fsp3) is 0.500. The van der Waals surface area contributed by atoms with Crippen molar-refractivity contribution in [2.45, 2.75) is 45.8 Å². The summed E-state index contributed by atoms with van der Waals surface area (Å²) < 4.78 is 2.17. The summed E-state index contributed by atoms with van der Waals surface area (Å²) in [5.41, 5.74) is 1.22. The maximum absolute atomic E-state index is 4.46. The lowest BCUT2D eigenvalue weighted by Gasteiger charge is -2.19. The first-order valence-electron chi connectivity index (χ1n) is 6.26. The molecule has 1 unspecified atom stereocenters. The van der Waals surface area contributed by atoms with Crippen molar-refractivity contribution in [3.63, 3.8) is 0 Å². The van der Waals surface area contributed by atoms with Crippen LogP contribution in [0.3, 0.4) is 0 Å². The quantitative estimate of drug-likeness (QED) is 0.915. The lowest BCUT2D eigenvalue weighted by Crippen LogP contribution is -2.35. The first-order valence-corrected chi connectivity index (χ1v) is 7.14. The molecule has 0 saturated heterocycles. The minimum Gasteiger partial charge on any atom is -0.329 e. The molecule has 2 rings (SSSR count). The van der Waals surface area contributed by atoms with Gasteiger partial charge in [-0.05, 0) is 39.1 Å². The monoisotopic (exact) mass is 263 g/mol. The van der Waals surface area contributed by atoms with E-state index in [1.54, 1.807) is 11.3 Å². The van der Waals surface area contributed by atoms with Crippen LogP contribution in [0.1, 0.15) is 44.3 Å². The summed E-state index contributed by atoms with van der Waals surface area (Å²) in [6.45, 7) is 9.51. The predicted molar refractivity (Wildman–Crippen MR) is 77.0 cm³/mol. The topological polar surface area (TPSA) is 29.9 Å². The van der Waals surface area contributed by atoms with Crippen molar-refractivity contribution in [2.24, 2.45) is 0 Å². The van der Waals surface area contributed by atoms with E-state index in [1.165, 1.54) is 4.88 Å². The lowest BCUT2D eigenvalue weighted by atomic mass is 10.1. The molecule has 0 aliphatic rings. The van der Waals surface area contributed by atoms with Crippen LogP contribution in [0.25, 0.3) is 0 Å². The second-order valence-electron chi connectivity index (χ2n) is 5.61. The van der Waals surface area contributed by atoms with Gasteiger partial charge in [-0.2, -0.15) is 0 Å². The van der Waals surface area contributed by atoms with Crippen LogP contribution >= 0.6 is 11.3 Å². The van der Waals surface area contributed by atoms with Gasteiger partial charge < -0.3 is 9.88 Å². The van der Waals surface area contributed by atoms with Gasteiger partial charge in [0.15, 0.2) is 0 Å². The second kappa shape index (κ2) is 5.24. The van der Waals surface area contributed by atoms with E-state index < -0.39 is 0 Å². The molecule has 0 spiro atoms. The Labute approximate surface area is 113 Å². The molecule has 1 atom stereocenters. The van der Waals surface area contributed by atoms with Crippen LogP contribution in [0.15, 0.2) is 30.0 Å². The molecule has 0 fully saturated rings. The number of nitrogens with one attached hydrogen (secondary N) is 1. The minimum atomic E-state index is 0.128. The summed E-state index contributed by atoms with van der Waals surface area (Å²) in [6.07, 6.45) is 4.05. The number of hydrogen-bond acceptors (Lipinski definition) is 3. The summed E-state index contributed by atoms with van der Waals surface area (Å²) in [5, 5.41) is 5.57. The number of imidazole rings is 1. The SMILES string of the molecule is CC(c1cccs1)n1cnc(CNC(C)(C)C)c1. The van der Waals surface area contributed by atoms with E-state index in [1.807, 2.05) is 6.33 Å². The Balaban J connectivity index is 2.02. The number of rotatable bonds is 4. The summed E-state index contributed by atoms with van der Waals surface area (Å²) in [6, 6.07) is 4.62. The fourth-order valence-corrected chi connectivity index (χ4v) is 2.50. The van der Waals surface area contributed by atoms with E-state index in [0.717, 1.165) is 12.2 Å². The maximum atomic E-state index is 4.46. The van der Waals surface area contributed by atoms with Gasteiger partial charge in [0, 0.05) is 23.2 Å². The predicted octanol–water partition coefficient (Wildman–Crippen LogP) is 3.44. The summed E-state index contributed by atoms with van der Waals surface area (Å²) >= 11 is 1.79. The van der Waals surface area contributed by atoms with Gasteiger partial charge in [0.05, 0.1) is 18.1 Å². The highest BCUT2D eigenvalue weighted by Crippen LogP contribution is 2.22. The van der Waals surface area contributed by atoms with Crippen LogP contribution in [-0.4, -0.2) is 15.1 Å². The number of thiophene rings is 1. The zero-order valence-corrected chi connectivity index (χ0v) is 12.3. The average Bonchev–Trinajstić information content (AvgIpc) is 2.96. The number of nitrogens with zero attached hydrogens (tertiary/aromatic N) is 2. The minimum absolute atomic E-state index is 0.128. The summed E-state index contributed by atoms with van der Waals surface area (Å²) in [5.74, 6) is 0. The van der Waals surface area contributed by atoms with E-state index >= 15 is 0 Å². The summed E-state index contributed by atoms with van der Waals surface area (Å²) in [4.78, 5) is 5.82. The van der Waals surface area contributed by atoms with Crippen molar-refractivity contribution in [2.75, 3.05) is 0 Å². The van der Waals surface area contributed by atoms with Crippen molar-refractivity contribution >= 4 is 11.3 Å². The maximum Gasteiger partial charge on any atom is 0.0955 e. The second-order valence-corrected chi connectivity index (χ2v) is 6.59. The van der Waals surface area contributed by atoms with E-state index in [4.69, 9.17) is 0 Å². The van der Waals surface area contributed by atoms with E-state index in [-0.39, 0.29) is 5.54 Å². The van der Waals surface area contributed by atoms with Crippen molar-refractivity contribution in [3.8, 4) is 0 Å². The van der Waals surface area contributed by atoms with Crippen LogP contribution in [-0.2, 0) is 6.54 Å². The highest BCUT2D eigenvalue weighted by molar-refractivity contribution is 7.10. The van der Waals surface area contributed by atoms with Gasteiger partial charge in [0.1, 0.15) is 0 Å². The molecule has 0 bridgehead atoms. The molecule has 18 heavy (non-hydrogen) atoms. The van der Waals surface area contributed by atoms with E-state index in [0.29, 0.717) is 6.04 Å². The van der Waals surface area contributed by atoms with Crippen LogP contribution in [0.4, 0.5) is 0 Å². The van der Waals surface area contributed by atoms with Crippen LogP contribution in [0.5, 0.6) is 0 Å². The van der Waals surface area contributed by atoms with Gasteiger partial charge in [0.25, 0.3) is 0 Å². The van der Waals surface area contributed by atoms with Crippen molar-refractivity contribution in [3.05, 3.63) is 40.6 Å². The molecule has 2 aromatic heterocycles. The molecule has 0 aliphatic carbocycles. The molecule has 0 amide bonds. The molecule has 0 radical (unpaired) electrons. The Morgan fingerprint density at radius 2 is 2.22 bits per heavy atom. The molecule has 0 saturated carbocycles. The third kappa shape index (κ3) is 3.43.